The number of alkyl carbamates (subject to hydrolysis) is 2. The molecule has 0 saturated heterocycles. The summed E-state index contributed by atoms with van der Waals surface area (Å²) in [5, 5.41) is 7.21. The summed E-state index contributed by atoms with van der Waals surface area (Å²) >= 11 is 0. The van der Waals surface area contributed by atoms with Gasteiger partial charge in [-0.05, 0) is 78.3 Å². The van der Waals surface area contributed by atoms with Crippen molar-refractivity contribution in [1.82, 2.24) is 20.8 Å². The third-order valence-electron chi connectivity index (χ3n) is 7.23. The minimum atomic E-state index is -5.30. The molecule has 0 saturated carbocycles. The number of nitrogens with zero attached hydrogens (tertiary/aromatic N) is 3. The third-order valence-corrected chi connectivity index (χ3v) is 9.00. The Balaban J connectivity index is 1.84. The maximum atomic E-state index is 15.8. The summed E-state index contributed by atoms with van der Waals surface area (Å²) in [6.45, 7) is 8.52. The summed E-state index contributed by atoms with van der Waals surface area (Å²) in [6.07, 6.45) is -13.1. The first kappa shape index (κ1) is 41.6. The van der Waals surface area contributed by atoms with Gasteiger partial charge in [-0.1, -0.05) is 17.3 Å². The predicted octanol–water partition coefficient (Wildman–Crippen LogP) is 6.29. The highest BCUT2D eigenvalue weighted by atomic mass is 32.2. The van der Waals surface area contributed by atoms with E-state index in [2.05, 4.69) is 20.2 Å². The van der Waals surface area contributed by atoms with E-state index in [4.69, 9.17) is 14.0 Å². The Kier molecular flexibility index (Phi) is 11.0. The van der Waals surface area contributed by atoms with Gasteiger partial charge in [0.25, 0.3) is 11.8 Å². The van der Waals surface area contributed by atoms with E-state index in [1.54, 1.807) is 5.32 Å². The number of carbonyl (C=O) groups excluding carboxylic acids is 3. The number of benzene rings is 2. The van der Waals surface area contributed by atoms with Gasteiger partial charge in [0.2, 0.25) is 11.4 Å². The number of aromatic nitrogens is 2. The molecular formula is C32H34F7N5O9S. The van der Waals surface area contributed by atoms with Crippen molar-refractivity contribution in [3.05, 3.63) is 53.7 Å². The standard InChI is InChI=1S/C32H34F7N5O9S/c1-28(2,3)51-26(46)40-20-15-54(48,49)22-13-19(33)18(12-21(22)44(24(20)45)14-16-8-10-17(11-9-16)50-32(37,38)39)23-41-25(53-43-23)30(7,31(34,35)36)42-27(47)52-29(4,5)6/h8-13,20H,14-15H2,1-7H3,(H,40,46)(H,42,47)/t20-,30?/m0/s1. The second-order valence-corrected chi connectivity index (χ2v) is 16.1. The van der Waals surface area contributed by atoms with Crippen LogP contribution in [0.25, 0.3) is 11.4 Å². The minimum Gasteiger partial charge on any atom is -0.444 e. The van der Waals surface area contributed by atoms with Gasteiger partial charge in [0.15, 0.2) is 9.84 Å². The molecule has 0 spiro atoms. The Morgan fingerprint density at radius 2 is 1.50 bits per heavy atom. The lowest BCUT2D eigenvalue weighted by atomic mass is 10.0. The summed E-state index contributed by atoms with van der Waals surface area (Å²) in [4.78, 5) is 42.7. The number of alkyl halides is 6. The molecule has 0 bridgehead atoms. The number of sulfone groups is 1. The second kappa shape index (κ2) is 14.3. The van der Waals surface area contributed by atoms with Gasteiger partial charge >= 0.3 is 24.7 Å². The van der Waals surface area contributed by atoms with Crippen LogP contribution in [0.1, 0.15) is 59.9 Å². The highest BCUT2D eigenvalue weighted by Gasteiger charge is 2.58. The monoisotopic (exact) mass is 797 g/mol. The molecule has 14 nitrogen and oxygen atoms in total. The normalized spacial score (nSPS) is 17.5. The molecule has 4 rings (SSSR count). The van der Waals surface area contributed by atoms with E-state index >= 15 is 4.39 Å². The van der Waals surface area contributed by atoms with Crippen LogP contribution in [-0.2, 0) is 36.2 Å². The van der Waals surface area contributed by atoms with Gasteiger partial charge < -0.3 is 29.0 Å². The fourth-order valence-corrected chi connectivity index (χ4v) is 6.46. The molecule has 1 unspecified atom stereocenters. The van der Waals surface area contributed by atoms with E-state index in [9.17, 15) is 49.1 Å². The number of fused-ring (bicyclic) bond motifs is 1. The first-order valence-corrected chi connectivity index (χ1v) is 17.3. The summed E-state index contributed by atoms with van der Waals surface area (Å²) in [5.74, 6) is -6.43. The summed E-state index contributed by atoms with van der Waals surface area (Å²) < 4.78 is 143. The molecule has 1 aromatic heterocycles. The molecule has 296 valence electrons. The van der Waals surface area contributed by atoms with Crippen molar-refractivity contribution >= 4 is 33.6 Å². The molecule has 0 fully saturated rings. The lowest BCUT2D eigenvalue weighted by Crippen LogP contribution is -2.55. The molecule has 1 aliphatic heterocycles. The number of carbonyl (C=O) groups is 3. The van der Waals surface area contributed by atoms with Crippen molar-refractivity contribution < 1.29 is 72.3 Å². The number of ether oxygens (including phenoxy) is 3. The van der Waals surface area contributed by atoms with Crippen LogP contribution in [0.3, 0.4) is 0 Å². The summed E-state index contributed by atoms with van der Waals surface area (Å²) in [6, 6.07) is 3.34. The number of hydrogen-bond donors (Lipinski definition) is 2. The number of rotatable bonds is 7. The van der Waals surface area contributed by atoms with Crippen LogP contribution in [-0.4, -0.2) is 72.2 Å². The number of hydrogen-bond acceptors (Lipinski definition) is 11. The van der Waals surface area contributed by atoms with Crippen LogP contribution in [0.2, 0.25) is 0 Å². The van der Waals surface area contributed by atoms with Gasteiger partial charge in [-0.25, -0.2) is 22.4 Å². The summed E-state index contributed by atoms with van der Waals surface area (Å²) in [7, 11) is -4.68. The van der Waals surface area contributed by atoms with Crippen molar-refractivity contribution in [2.45, 2.75) is 95.2 Å². The number of halogens is 7. The first-order valence-electron chi connectivity index (χ1n) is 15.6. The Morgan fingerprint density at radius 3 is 2.04 bits per heavy atom. The molecule has 2 aromatic carbocycles. The predicted molar refractivity (Wildman–Crippen MR) is 172 cm³/mol. The van der Waals surface area contributed by atoms with Gasteiger partial charge in [-0.15, -0.1) is 13.2 Å². The van der Waals surface area contributed by atoms with E-state index in [1.165, 1.54) is 41.5 Å². The second-order valence-electron chi connectivity index (χ2n) is 14.1. The molecule has 2 N–H and O–H groups in total. The average molecular weight is 798 g/mol. The van der Waals surface area contributed by atoms with Crippen molar-refractivity contribution in [1.29, 1.82) is 0 Å². The highest BCUT2D eigenvalue weighted by molar-refractivity contribution is 7.91. The van der Waals surface area contributed by atoms with Crippen molar-refractivity contribution in [3.63, 3.8) is 0 Å². The molecule has 54 heavy (non-hydrogen) atoms. The maximum Gasteiger partial charge on any atom is 0.573 e. The van der Waals surface area contributed by atoms with Gasteiger partial charge in [0, 0.05) is 0 Å². The quantitative estimate of drug-likeness (QED) is 0.257. The fourth-order valence-electron chi connectivity index (χ4n) is 4.85. The molecule has 22 heteroatoms. The largest absolute Gasteiger partial charge is 0.573 e. The maximum absolute atomic E-state index is 15.8. The lowest BCUT2D eigenvalue weighted by Gasteiger charge is -2.30. The van der Waals surface area contributed by atoms with Gasteiger partial charge in [0.1, 0.15) is 28.8 Å². The smallest absolute Gasteiger partial charge is 0.444 e. The van der Waals surface area contributed by atoms with Crippen LogP contribution < -0.4 is 20.3 Å². The third kappa shape index (κ3) is 9.88. The van der Waals surface area contributed by atoms with E-state index < -0.39 is 115 Å². The molecule has 3 amide bonds. The van der Waals surface area contributed by atoms with E-state index in [1.807, 2.05) is 0 Å². The molecule has 1 aliphatic rings. The number of nitrogens with one attached hydrogen (secondary N) is 2. The molecule has 0 radical (unpaired) electrons. The topological polar surface area (TPSA) is 179 Å². The average Bonchev–Trinajstić information content (AvgIpc) is 3.45. The first-order chi connectivity index (χ1) is 24.5. The van der Waals surface area contributed by atoms with Crippen LogP contribution in [0, 0.1) is 5.82 Å². The van der Waals surface area contributed by atoms with Crippen LogP contribution >= 0.6 is 0 Å². The van der Waals surface area contributed by atoms with Crippen molar-refractivity contribution in [3.8, 4) is 17.1 Å². The molecular weight excluding hydrogens is 763 g/mol. The highest BCUT2D eigenvalue weighted by Crippen LogP contribution is 2.41. The number of amides is 3. The molecule has 3 aromatic rings. The van der Waals surface area contributed by atoms with Gasteiger partial charge in [0.05, 0.1) is 28.4 Å². The van der Waals surface area contributed by atoms with E-state index in [-0.39, 0.29) is 5.56 Å². The lowest BCUT2D eigenvalue weighted by molar-refractivity contribution is -0.274. The van der Waals surface area contributed by atoms with Crippen LogP contribution in [0.15, 0.2) is 45.8 Å². The summed E-state index contributed by atoms with van der Waals surface area (Å²) in [5.41, 5.74) is -6.96. The zero-order valence-corrected chi connectivity index (χ0v) is 30.3. The van der Waals surface area contributed by atoms with Gasteiger partial charge in [-0.2, -0.15) is 18.2 Å². The van der Waals surface area contributed by atoms with Crippen LogP contribution in [0.5, 0.6) is 5.75 Å². The van der Waals surface area contributed by atoms with E-state index in [0.29, 0.717) is 13.0 Å². The fraction of sp³-hybridized carbons (Fsp3) is 0.469. The van der Waals surface area contributed by atoms with Gasteiger partial charge in [-0.3, -0.25) is 10.1 Å². The van der Waals surface area contributed by atoms with E-state index in [0.717, 1.165) is 35.2 Å². The zero-order chi connectivity index (χ0) is 40.8. The Labute approximate surface area is 303 Å². The zero-order valence-electron chi connectivity index (χ0n) is 29.5. The Bertz CT molecular complexity index is 2020. The minimum absolute atomic E-state index is 0.0843. The van der Waals surface area contributed by atoms with Crippen molar-refractivity contribution in [2.75, 3.05) is 10.7 Å². The Morgan fingerprint density at radius 1 is 0.926 bits per heavy atom. The molecule has 2 heterocycles. The Hall–Kier alpha value is -5.15. The van der Waals surface area contributed by atoms with Crippen LogP contribution in [0.4, 0.5) is 46.0 Å². The molecule has 0 aliphatic carbocycles. The SMILES string of the molecule is CC(C)(C)OC(=O)N[C@H]1CS(=O)(=O)c2cc(F)c(-c3noc(C(C)(NC(=O)OC(C)(C)C)C(F)(F)F)n3)cc2N(Cc2ccc(OC(F)(F)F)cc2)C1=O. The molecule has 2 atom stereocenters. The van der Waals surface area contributed by atoms with Crippen molar-refractivity contribution in [2.24, 2.45) is 0 Å². The number of anilines is 1.